The van der Waals surface area contributed by atoms with Gasteiger partial charge in [-0.15, -0.1) is 0 Å². The Labute approximate surface area is 74.4 Å². The van der Waals surface area contributed by atoms with Crippen molar-refractivity contribution in [3.05, 3.63) is 22.7 Å². The maximum atomic E-state index is 11.3. The van der Waals surface area contributed by atoms with E-state index >= 15 is 0 Å². The maximum Gasteiger partial charge on any atom is 0.349 e. The van der Waals surface area contributed by atoms with E-state index in [1.54, 1.807) is 4.57 Å². The van der Waals surface area contributed by atoms with Gasteiger partial charge in [0.05, 0.1) is 19.8 Å². The van der Waals surface area contributed by atoms with Crippen LogP contribution < -0.4 is 11.0 Å². The van der Waals surface area contributed by atoms with Crippen LogP contribution in [0.1, 0.15) is 0 Å². The van der Waals surface area contributed by atoms with Gasteiger partial charge in [-0.25, -0.2) is 9.78 Å². The molecule has 1 saturated heterocycles. The minimum Gasteiger partial charge on any atom is -0.376 e. The minimum atomic E-state index is -0.186. The molecule has 68 valence electrons. The van der Waals surface area contributed by atoms with Gasteiger partial charge < -0.3 is 10.1 Å². The zero-order chi connectivity index (χ0) is 8.89. The number of nitrogens with one attached hydrogen (secondary N) is 1. The van der Waals surface area contributed by atoms with Gasteiger partial charge in [-0.1, -0.05) is 0 Å². The lowest BCUT2D eigenvalue weighted by Gasteiger charge is -2.37. The van der Waals surface area contributed by atoms with Crippen molar-refractivity contribution in [1.29, 1.82) is 0 Å². The molecule has 0 saturated carbocycles. The van der Waals surface area contributed by atoms with Crippen molar-refractivity contribution in [3.8, 4) is 0 Å². The van der Waals surface area contributed by atoms with Crippen LogP contribution in [0.25, 0.3) is 0 Å². The van der Waals surface area contributed by atoms with E-state index in [-0.39, 0.29) is 11.2 Å². The van der Waals surface area contributed by atoms with Gasteiger partial charge in [-0.05, 0) is 6.07 Å². The topological polar surface area (TPSA) is 56.2 Å². The molecule has 2 aliphatic heterocycles. The fourth-order valence-corrected chi connectivity index (χ4v) is 1.82. The number of hydrogen-bond acceptors (Lipinski definition) is 4. The molecule has 0 aliphatic carbocycles. The van der Waals surface area contributed by atoms with Crippen molar-refractivity contribution < 1.29 is 4.74 Å². The van der Waals surface area contributed by atoms with Crippen LogP contribution in [-0.4, -0.2) is 28.3 Å². The molecular formula is C8H9N3O2. The highest BCUT2D eigenvalue weighted by molar-refractivity contribution is 5.43. The number of fused-ring (bicyclic) bond motifs is 1. The Morgan fingerprint density at radius 2 is 2.46 bits per heavy atom. The van der Waals surface area contributed by atoms with Crippen molar-refractivity contribution in [2.45, 2.75) is 12.1 Å². The monoisotopic (exact) mass is 179 g/mol. The lowest BCUT2D eigenvalue weighted by atomic mass is 9.99. The first-order chi connectivity index (χ1) is 6.29. The van der Waals surface area contributed by atoms with Crippen molar-refractivity contribution in [1.82, 2.24) is 9.55 Å². The summed E-state index contributed by atoms with van der Waals surface area (Å²) >= 11 is 0. The number of aromatic nitrogens is 2. The van der Waals surface area contributed by atoms with Crippen LogP contribution in [0.4, 0.5) is 5.82 Å². The fourth-order valence-electron chi connectivity index (χ4n) is 1.82. The molecule has 1 spiro atoms. The predicted molar refractivity (Wildman–Crippen MR) is 45.7 cm³/mol. The largest absolute Gasteiger partial charge is 0.376 e. The minimum absolute atomic E-state index is 0.0325. The van der Waals surface area contributed by atoms with E-state index in [1.807, 2.05) is 6.07 Å². The Kier molecular flexibility index (Phi) is 1.15. The standard InChI is InChI=1S/C8H9N3O2/c12-7-9-2-1-6-10-8(3-11(6)7)4-13-5-8/h1-2,10H,3-5H2. The van der Waals surface area contributed by atoms with E-state index in [9.17, 15) is 4.79 Å². The highest BCUT2D eigenvalue weighted by Gasteiger charge is 2.44. The lowest BCUT2D eigenvalue weighted by Crippen LogP contribution is -2.55. The summed E-state index contributed by atoms with van der Waals surface area (Å²) in [5, 5.41) is 3.29. The normalized spacial score (nSPS) is 22.2. The fraction of sp³-hybridized carbons (Fsp3) is 0.500. The van der Waals surface area contributed by atoms with E-state index in [0.717, 1.165) is 5.82 Å². The Morgan fingerprint density at radius 3 is 3.08 bits per heavy atom. The summed E-state index contributed by atoms with van der Waals surface area (Å²) in [5.74, 6) is 0.850. The summed E-state index contributed by atoms with van der Waals surface area (Å²) in [4.78, 5) is 15.0. The van der Waals surface area contributed by atoms with Crippen molar-refractivity contribution in [3.63, 3.8) is 0 Å². The van der Waals surface area contributed by atoms with Gasteiger partial charge >= 0.3 is 5.69 Å². The van der Waals surface area contributed by atoms with Crippen LogP contribution in [0.2, 0.25) is 0 Å². The second-order valence-electron chi connectivity index (χ2n) is 3.60. The van der Waals surface area contributed by atoms with Crippen LogP contribution in [0.5, 0.6) is 0 Å². The number of rotatable bonds is 0. The Balaban J connectivity index is 2.08. The molecule has 3 heterocycles. The summed E-state index contributed by atoms with van der Waals surface area (Å²) in [6.07, 6.45) is 1.53. The van der Waals surface area contributed by atoms with E-state index < -0.39 is 0 Å². The summed E-state index contributed by atoms with van der Waals surface area (Å²) in [7, 11) is 0. The highest BCUT2D eigenvalue weighted by Crippen LogP contribution is 2.30. The van der Waals surface area contributed by atoms with Gasteiger partial charge in [0.1, 0.15) is 11.4 Å². The summed E-state index contributed by atoms with van der Waals surface area (Å²) in [5.41, 5.74) is -0.219. The zero-order valence-electron chi connectivity index (χ0n) is 6.99. The van der Waals surface area contributed by atoms with Gasteiger partial charge in [0.15, 0.2) is 0 Å². The molecule has 1 aromatic rings. The van der Waals surface area contributed by atoms with Crippen LogP contribution in [0.3, 0.4) is 0 Å². The van der Waals surface area contributed by atoms with Crippen LogP contribution >= 0.6 is 0 Å². The second-order valence-corrected chi connectivity index (χ2v) is 3.60. The van der Waals surface area contributed by atoms with Crippen molar-refractivity contribution in [2.24, 2.45) is 0 Å². The van der Waals surface area contributed by atoms with Gasteiger partial charge in [0.25, 0.3) is 0 Å². The zero-order valence-corrected chi connectivity index (χ0v) is 6.99. The first-order valence-electron chi connectivity index (χ1n) is 4.21. The Bertz CT molecular complexity index is 408. The average molecular weight is 179 g/mol. The molecule has 0 radical (unpaired) electrons. The third-order valence-electron chi connectivity index (χ3n) is 2.55. The van der Waals surface area contributed by atoms with E-state index in [4.69, 9.17) is 4.74 Å². The molecule has 0 atom stereocenters. The molecule has 5 heteroatoms. The third-order valence-corrected chi connectivity index (χ3v) is 2.55. The molecule has 13 heavy (non-hydrogen) atoms. The number of hydrogen-bond donors (Lipinski definition) is 1. The van der Waals surface area contributed by atoms with E-state index in [1.165, 1.54) is 6.20 Å². The maximum absolute atomic E-state index is 11.3. The van der Waals surface area contributed by atoms with E-state index in [0.29, 0.717) is 19.8 Å². The molecule has 0 amide bonds. The molecule has 1 N–H and O–H groups in total. The molecular weight excluding hydrogens is 170 g/mol. The first-order valence-corrected chi connectivity index (χ1v) is 4.21. The van der Waals surface area contributed by atoms with Gasteiger partial charge in [0, 0.05) is 6.20 Å². The molecule has 3 rings (SSSR count). The van der Waals surface area contributed by atoms with E-state index in [2.05, 4.69) is 10.3 Å². The summed E-state index contributed by atoms with van der Waals surface area (Å²) in [6.45, 7) is 2.03. The Hall–Kier alpha value is -1.36. The molecule has 1 aromatic heterocycles. The van der Waals surface area contributed by atoms with Crippen LogP contribution in [-0.2, 0) is 11.3 Å². The molecule has 1 fully saturated rings. The molecule has 2 aliphatic rings. The third kappa shape index (κ3) is 0.846. The molecule has 0 bridgehead atoms. The van der Waals surface area contributed by atoms with Crippen molar-refractivity contribution in [2.75, 3.05) is 18.5 Å². The highest BCUT2D eigenvalue weighted by atomic mass is 16.5. The summed E-state index contributed by atoms with van der Waals surface area (Å²) in [6, 6.07) is 1.81. The Morgan fingerprint density at radius 1 is 1.62 bits per heavy atom. The molecule has 5 nitrogen and oxygen atoms in total. The lowest BCUT2D eigenvalue weighted by molar-refractivity contribution is -0.0432. The number of nitrogens with zero attached hydrogens (tertiary/aromatic N) is 2. The quantitative estimate of drug-likeness (QED) is 0.580. The SMILES string of the molecule is O=c1nccc2n1CC1(COC1)N2. The van der Waals surface area contributed by atoms with Crippen LogP contribution in [0, 0.1) is 0 Å². The molecule has 0 unspecified atom stereocenters. The van der Waals surface area contributed by atoms with Gasteiger partial charge in [-0.3, -0.25) is 4.57 Å². The van der Waals surface area contributed by atoms with Gasteiger partial charge in [0.2, 0.25) is 0 Å². The summed E-state index contributed by atoms with van der Waals surface area (Å²) < 4.78 is 6.79. The number of anilines is 1. The average Bonchev–Trinajstić information content (AvgIpc) is 2.44. The first kappa shape index (κ1) is 7.08. The predicted octanol–water partition coefficient (Wildman–Crippen LogP) is -0.562. The van der Waals surface area contributed by atoms with Crippen LogP contribution in [0.15, 0.2) is 17.1 Å². The van der Waals surface area contributed by atoms with Gasteiger partial charge in [-0.2, -0.15) is 0 Å². The number of ether oxygens (including phenoxy) is 1. The molecule has 0 aromatic carbocycles. The second kappa shape index (κ2) is 2.11. The smallest absolute Gasteiger partial charge is 0.349 e. The van der Waals surface area contributed by atoms with Crippen molar-refractivity contribution >= 4 is 5.82 Å².